The third-order valence-electron chi connectivity index (χ3n) is 4.45. The summed E-state index contributed by atoms with van der Waals surface area (Å²) in [4.78, 5) is 8.66. The standard InChI is InChI=1S/C22H29N3/c1-15(2)18-9-7-10-19(16(3)4)20(18)14-21(23)22-11-6-8-17(25-22)12-13-24-5/h6-11,13,15-16,23H,12,14H2,1-5H3. The van der Waals surface area contributed by atoms with E-state index in [0.29, 0.717) is 30.4 Å². The molecule has 1 aromatic carbocycles. The van der Waals surface area contributed by atoms with Crippen LogP contribution in [0.4, 0.5) is 0 Å². The van der Waals surface area contributed by atoms with Crippen LogP contribution < -0.4 is 0 Å². The minimum Gasteiger partial charge on any atom is -0.303 e. The van der Waals surface area contributed by atoms with E-state index in [1.165, 1.54) is 16.7 Å². The van der Waals surface area contributed by atoms with Crippen molar-refractivity contribution in [2.45, 2.75) is 52.4 Å². The molecule has 2 aromatic rings. The van der Waals surface area contributed by atoms with Gasteiger partial charge in [-0.2, -0.15) is 0 Å². The zero-order chi connectivity index (χ0) is 18.4. The van der Waals surface area contributed by atoms with Gasteiger partial charge in [-0.25, -0.2) is 0 Å². The van der Waals surface area contributed by atoms with Gasteiger partial charge in [0.05, 0.1) is 11.4 Å². The maximum atomic E-state index is 8.62. The Labute approximate surface area is 151 Å². The Bertz CT molecular complexity index is 731. The number of benzene rings is 1. The molecular formula is C22H29N3. The van der Waals surface area contributed by atoms with Gasteiger partial charge >= 0.3 is 0 Å². The van der Waals surface area contributed by atoms with Crippen LogP contribution in [-0.4, -0.2) is 24.0 Å². The van der Waals surface area contributed by atoms with E-state index in [1.54, 1.807) is 7.05 Å². The quantitative estimate of drug-likeness (QED) is 0.696. The van der Waals surface area contributed by atoms with E-state index in [1.807, 2.05) is 24.4 Å². The molecule has 0 spiro atoms. The van der Waals surface area contributed by atoms with Crippen molar-refractivity contribution in [3.63, 3.8) is 0 Å². The van der Waals surface area contributed by atoms with E-state index < -0.39 is 0 Å². The van der Waals surface area contributed by atoms with Crippen LogP contribution >= 0.6 is 0 Å². The maximum absolute atomic E-state index is 8.62. The van der Waals surface area contributed by atoms with E-state index in [0.717, 1.165) is 11.4 Å². The van der Waals surface area contributed by atoms with Crippen molar-refractivity contribution in [1.82, 2.24) is 4.98 Å². The molecule has 1 N–H and O–H groups in total. The number of nitrogens with zero attached hydrogens (tertiary/aromatic N) is 2. The van der Waals surface area contributed by atoms with E-state index in [4.69, 9.17) is 5.41 Å². The van der Waals surface area contributed by atoms with Crippen LogP contribution in [0.15, 0.2) is 41.4 Å². The summed E-state index contributed by atoms with van der Waals surface area (Å²) in [6.45, 7) is 8.87. The van der Waals surface area contributed by atoms with Gasteiger partial charge in [-0.05, 0) is 40.7 Å². The second-order valence-electron chi connectivity index (χ2n) is 7.04. The summed E-state index contributed by atoms with van der Waals surface area (Å²) in [5, 5.41) is 8.62. The fourth-order valence-electron chi connectivity index (χ4n) is 3.12. The van der Waals surface area contributed by atoms with Crippen molar-refractivity contribution in [3.05, 3.63) is 64.5 Å². The van der Waals surface area contributed by atoms with Crippen LogP contribution in [0.1, 0.15) is 67.6 Å². The highest BCUT2D eigenvalue weighted by molar-refractivity contribution is 5.98. The minimum atomic E-state index is 0.446. The predicted octanol–water partition coefficient (Wildman–Crippen LogP) is 5.18. The molecule has 0 unspecified atom stereocenters. The molecule has 0 amide bonds. The number of aromatic nitrogens is 1. The monoisotopic (exact) mass is 335 g/mol. The van der Waals surface area contributed by atoms with Crippen molar-refractivity contribution in [1.29, 1.82) is 5.41 Å². The lowest BCUT2D eigenvalue weighted by Crippen LogP contribution is -2.12. The molecule has 1 aromatic heterocycles. The summed E-state index contributed by atoms with van der Waals surface area (Å²) in [6.07, 6.45) is 3.18. The maximum Gasteiger partial charge on any atom is 0.0844 e. The zero-order valence-corrected chi connectivity index (χ0v) is 16.0. The molecule has 3 nitrogen and oxygen atoms in total. The second kappa shape index (κ2) is 8.70. The molecule has 25 heavy (non-hydrogen) atoms. The predicted molar refractivity (Wildman–Crippen MR) is 108 cm³/mol. The summed E-state index contributed by atoms with van der Waals surface area (Å²) in [5.41, 5.74) is 6.25. The lowest BCUT2D eigenvalue weighted by atomic mass is 9.86. The molecule has 0 saturated carbocycles. The Hall–Kier alpha value is -2.29. The highest BCUT2D eigenvalue weighted by Gasteiger charge is 2.16. The van der Waals surface area contributed by atoms with Gasteiger partial charge in [0, 0.05) is 31.8 Å². The number of nitrogens with one attached hydrogen (secondary N) is 1. The first-order chi connectivity index (χ1) is 11.9. The lowest BCUT2D eigenvalue weighted by Gasteiger charge is -2.20. The molecule has 0 bridgehead atoms. The number of rotatable bonds is 7. The van der Waals surface area contributed by atoms with Gasteiger partial charge < -0.3 is 10.4 Å². The Morgan fingerprint density at radius 3 is 2.20 bits per heavy atom. The van der Waals surface area contributed by atoms with Gasteiger partial charge in [-0.3, -0.25) is 4.98 Å². The molecular weight excluding hydrogens is 306 g/mol. The van der Waals surface area contributed by atoms with E-state index in [9.17, 15) is 0 Å². The first-order valence-electron chi connectivity index (χ1n) is 9.00. The van der Waals surface area contributed by atoms with Crippen LogP contribution in [0, 0.1) is 5.41 Å². The van der Waals surface area contributed by atoms with Gasteiger partial charge in [0.2, 0.25) is 0 Å². The number of hydrogen-bond acceptors (Lipinski definition) is 3. The van der Waals surface area contributed by atoms with Gasteiger partial charge in [0.25, 0.3) is 0 Å². The molecule has 132 valence electrons. The SMILES string of the molecule is CN=CCc1cccc(C(=N)Cc2c(C(C)C)cccc2C(C)C)n1. The second-order valence-corrected chi connectivity index (χ2v) is 7.04. The zero-order valence-electron chi connectivity index (χ0n) is 16.0. The topological polar surface area (TPSA) is 49.1 Å². The smallest absolute Gasteiger partial charge is 0.0844 e. The summed E-state index contributed by atoms with van der Waals surface area (Å²) in [5.74, 6) is 0.892. The molecule has 0 fully saturated rings. The summed E-state index contributed by atoms with van der Waals surface area (Å²) >= 11 is 0. The first kappa shape index (κ1) is 19.0. The van der Waals surface area contributed by atoms with E-state index in [2.05, 4.69) is 55.9 Å². The molecule has 1 heterocycles. The van der Waals surface area contributed by atoms with Gasteiger partial charge in [0.15, 0.2) is 0 Å². The molecule has 0 atom stereocenters. The normalized spacial score (nSPS) is 11.6. The number of hydrogen-bond donors (Lipinski definition) is 1. The fourth-order valence-corrected chi connectivity index (χ4v) is 3.12. The van der Waals surface area contributed by atoms with Gasteiger partial charge in [0.1, 0.15) is 0 Å². The highest BCUT2D eigenvalue weighted by atomic mass is 14.7. The first-order valence-corrected chi connectivity index (χ1v) is 9.00. The third-order valence-corrected chi connectivity index (χ3v) is 4.45. The lowest BCUT2D eigenvalue weighted by molar-refractivity contribution is 0.811. The number of pyridine rings is 1. The van der Waals surface area contributed by atoms with Crippen molar-refractivity contribution >= 4 is 11.9 Å². The van der Waals surface area contributed by atoms with Crippen LogP contribution in [0.2, 0.25) is 0 Å². The van der Waals surface area contributed by atoms with Gasteiger partial charge in [-0.15, -0.1) is 0 Å². The van der Waals surface area contributed by atoms with Crippen LogP contribution in [0.3, 0.4) is 0 Å². The molecule has 0 radical (unpaired) electrons. The third kappa shape index (κ3) is 4.85. The summed E-state index contributed by atoms with van der Waals surface area (Å²) < 4.78 is 0. The van der Waals surface area contributed by atoms with E-state index in [-0.39, 0.29) is 0 Å². The minimum absolute atomic E-state index is 0.446. The molecule has 2 rings (SSSR count). The van der Waals surface area contributed by atoms with Gasteiger partial charge in [-0.1, -0.05) is 52.0 Å². The van der Waals surface area contributed by atoms with Crippen LogP contribution in [-0.2, 0) is 12.8 Å². The molecule has 0 aliphatic rings. The van der Waals surface area contributed by atoms with Crippen LogP contribution in [0.5, 0.6) is 0 Å². The Kier molecular flexibility index (Phi) is 6.63. The van der Waals surface area contributed by atoms with E-state index >= 15 is 0 Å². The Morgan fingerprint density at radius 1 is 1.04 bits per heavy atom. The Morgan fingerprint density at radius 2 is 1.64 bits per heavy atom. The Balaban J connectivity index is 2.34. The van der Waals surface area contributed by atoms with Crippen molar-refractivity contribution in [2.75, 3.05) is 7.05 Å². The molecule has 3 heteroatoms. The average Bonchev–Trinajstić information content (AvgIpc) is 2.59. The summed E-state index contributed by atoms with van der Waals surface area (Å²) in [7, 11) is 1.77. The molecule has 0 aliphatic carbocycles. The van der Waals surface area contributed by atoms with Crippen molar-refractivity contribution in [3.8, 4) is 0 Å². The fraction of sp³-hybridized carbons (Fsp3) is 0.409. The van der Waals surface area contributed by atoms with Crippen LogP contribution in [0.25, 0.3) is 0 Å². The molecule has 0 aliphatic heterocycles. The largest absolute Gasteiger partial charge is 0.303 e. The summed E-state index contributed by atoms with van der Waals surface area (Å²) in [6, 6.07) is 12.4. The molecule has 0 saturated heterocycles. The van der Waals surface area contributed by atoms with Crippen molar-refractivity contribution in [2.24, 2.45) is 4.99 Å². The highest BCUT2D eigenvalue weighted by Crippen LogP contribution is 2.28. The van der Waals surface area contributed by atoms with Crippen molar-refractivity contribution < 1.29 is 0 Å². The average molecular weight is 335 g/mol. The number of aliphatic imine (C=N–C) groups is 1.